The second-order valence-electron chi connectivity index (χ2n) is 8.24. The number of fused-ring (bicyclic) bond motifs is 1. The molecule has 1 aliphatic heterocycles. The number of carbonyl (C=O) groups excluding carboxylic acids is 1. The Hall–Kier alpha value is -2.93. The molecule has 3 aromatic rings. The summed E-state index contributed by atoms with van der Waals surface area (Å²) in [6.45, 7) is 6.79. The number of benzene rings is 1. The number of nitrogens with one attached hydrogen (secondary N) is 1. The summed E-state index contributed by atoms with van der Waals surface area (Å²) >= 11 is 0. The van der Waals surface area contributed by atoms with E-state index in [4.69, 9.17) is 9.47 Å². The van der Waals surface area contributed by atoms with Gasteiger partial charge in [-0.05, 0) is 69.4 Å². The molecule has 0 bridgehead atoms. The summed E-state index contributed by atoms with van der Waals surface area (Å²) in [6, 6.07) is 9.29. The third-order valence-electron chi connectivity index (χ3n) is 5.47. The minimum absolute atomic E-state index is 0.240. The van der Waals surface area contributed by atoms with E-state index in [1.54, 1.807) is 16.9 Å². The second-order valence-corrected chi connectivity index (χ2v) is 8.24. The Morgan fingerprint density at radius 3 is 2.70 bits per heavy atom. The molecule has 2 aromatic heterocycles. The van der Waals surface area contributed by atoms with Gasteiger partial charge in [0, 0.05) is 18.9 Å². The van der Waals surface area contributed by atoms with Crippen LogP contribution in [0.3, 0.4) is 0 Å². The molecule has 2 atom stereocenters. The number of hydrogen-bond donors (Lipinski definition) is 1. The molecular weight excluding hydrogens is 380 g/mol. The molecule has 3 heterocycles. The van der Waals surface area contributed by atoms with Gasteiger partial charge in [-0.15, -0.1) is 5.10 Å². The summed E-state index contributed by atoms with van der Waals surface area (Å²) in [5.74, 6) is 0.842. The van der Waals surface area contributed by atoms with Gasteiger partial charge in [-0.3, -0.25) is 14.5 Å². The van der Waals surface area contributed by atoms with E-state index in [9.17, 15) is 4.79 Å². The van der Waals surface area contributed by atoms with Crippen LogP contribution in [0.25, 0.3) is 10.9 Å². The van der Waals surface area contributed by atoms with Gasteiger partial charge in [0.2, 0.25) is 5.88 Å². The standard InChI is InChI=1S/C23H28N4O3/c1-14-5-8-20(24-12-14)22(28)25-18-6-7-19-21(11-18)27(4)26-23(19)29-13-17-9-15(2)30-16(3)10-17/h5-8,11-12,15-17H,9-10,13H2,1-4H3,(H,25,28). The van der Waals surface area contributed by atoms with Crippen LogP contribution in [0.2, 0.25) is 0 Å². The lowest BCUT2D eigenvalue weighted by atomic mass is 9.93. The fraction of sp³-hybridized carbons (Fsp3) is 0.435. The van der Waals surface area contributed by atoms with Crippen LogP contribution in [0, 0.1) is 12.8 Å². The van der Waals surface area contributed by atoms with Gasteiger partial charge >= 0.3 is 0 Å². The number of rotatable bonds is 5. The van der Waals surface area contributed by atoms with Gasteiger partial charge < -0.3 is 14.8 Å². The number of hydrogen-bond acceptors (Lipinski definition) is 5. The van der Waals surface area contributed by atoms with Gasteiger partial charge in [0.25, 0.3) is 5.91 Å². The van der Waals surface area contributed by atoms with Gasteiger partial charge in [0.1, 0.15) is 5.69 Å². The van der Waals surface area contributed by atoms with Crippen LogP contribution < -0.4 is 10.1 Å². The van der Waals surface area contributed by atoms with Gasteiger partial charge in [-0.1, -0.05) is 6.07 Å². The van der Waals surface area contributed by atoms with Crippen molar-refractivity contribution in [3.05, 3.63) is 47.8 Å². The first-order chi connectivity index (χ1) is 14.4. The molecule has 4 rings (SSSR count). The molecule has 2 unspecified atom stereocenters. The highest BCUT2D eigenvalue weighted by molar-refractivity contribution is 6.04. The molecule has 30 heavy (non-hydrogen) atoms. The van der Waals surface area contributed by atoms with Gasteiger partial charge in [0.15, 0.2) is 0 Å². The molecular formula is C23H28N4O3. The van der Waals surface area contributed by atoms with Crippen LogP contribution in [-0.4, -0.2) is 39.5 Å². The van der Waals surface area contributed by atoms with Crippen molar-refractivity contribution in [3.63, 3.8) is 0 Å². The molecule has 158 valence electrons. The van der Waals surface area contributed by atoms with Crippen molar-refractivity contribution in [2.24, 2.45) is 13.0 Å². The molecule has 0 aliphatic carbocycles. The fourth-order valence-electron chi connectivity index (χ4n) is 4.08. The molecule has 1 fully saturated rings. The van der Waals surface area contributed by atoms with E-state index in [1.165, 1.54) is 0 Å². The van der Waals surface area contributed by atoms with E-state index >= 15 is 0 Å². The zero-order valence-corrected chi connectivity index (χ0v) is 17.9. The molecule has 1 N–H and O–H groups in total. The number of aryl methyl sites for hydroxylation is 2. The molecule has 7 heteroatoms. The van der Waals surface area contributed by atoms with Crippen LogP contribution in [0.1, 0.15) is 42.7 Å². The monoisotopic (exact) mass is 408 g/mol. The average molecular weight is 409 g/mol. The molecule has 1 aromatic carbocycles. The minimum Gasteiger partial charge on any atom is -0.476 e. The largest absolute Gasteiger partial charge is 0.476 e. The Labute approximate surface area is 176 Å². The Morgan fingerprint density at radius 2 is 2.00 bits per heavy atom. The number of nitrogens with zero attached hydrogens (tertiary/aromatic N) is 3. The SMILES string of the molecule is Cc1ccc(C(=O)Nc2ccc3c(OCC4CC(C)OC(C)C4)nn(C)c3c2)nc1. The van der Waals surface area contributed by atoms with E-state index in [1.807, 2.05) is 38.2 Å². The van der Waals surface area contributed by atoms with Gasteiger partial charge in [-0.25, -0.2) is 0 Å². The Bertz CT molecular complexity index is 1030. The van der Waals surface area contributed by atoms with E-state index in [0.29, 0.717) is 29.8 Å². The highest BCUT2D eigenvalue weighted by atomic mass is 16.5. The van der Waals surface area contributed by atoms with Crippen molar-refractivity contribution in [3.8, 4) is 5.88 Å². The number of anilines is 1. The predicted molar refractivity (Wildman–Crippen MR) is 116 cm³/mol. The summed E-state index contributed by atoms with van der Waals surface area (Å²) in [4.78, 5) is 16.6. The van der Waals surface area contributed by atoms with Crippen LogP contribution in [0.4, 0.5) is 5.69 Å². The first-order valence-corrected chi connectivity index (χ1v) is 10.4. The molecule has 0 spiro atoms. The maximum Gasteiger partial charge on any atom is 0.274 e. The van der Waals surface area contributed by atoms with E-state index in [2.05, 4.69) is 29.2 Å². The lowest BCUT2D eigenvalue weighted by molar-refractivity contribution is -0.0594. The maximum atomic E-state index is 12.5. The maximum absolute atomic E-state index is 12.5. The fourth-order valence-corrected chi connectivity index (χ4v) is 4.08. The highest BCUT2D eigenvalue weighted by Crippen LogP contribution is 2.30. The number of carbonyl (C=O) groups is 1. The first kappa shape index (κ1) is 20.3. The normalized spacial score (nSPS) is 21.5. The van der Waals surface area contributed by atoms with Crippen molar-refractivity contribution >= 4 is 22.5 Å². The number of amides is 1. The van der Waals surface area contributed by atoms with Crippen molar-refractivity contribution in [1.82, 2.24) is 14.8 Å². The Morgan fingerprint density at radius 1 is 1.23 bits per heavy atom. The number of pyridine rings is 1. The summed E-state index contributed by atoms with van der Waals surface area (Å²) in [6.07, 6.45) is 4.20. The van der Waals surface area contributed by atoms with Crippen molar-refractivity contribution < 1.29 is 14.3 Å². The van der Waals surface area contributed by atoms with E-state index in [-0.39, 0.29) is 18.1 Å². The van der Waals surface area contributed by atoms with Gasteiger partial charge in [0.05, 0.1) is 29.7 Å². The quantitative estimate of drug-likeness (QED) is 0.687. The summed E-state index contributed by atoms with van der Waals surface area (Å²) in [5.41, 5.74) is 2.99. The average Bonchev–Trinajstić information content (AvgIpc) is 3.01. The highest BCUT2D eigenvalue weighted by Gasteiger charge is 2.25. The molecule has 0 saturated carbocycles. The number of aromatic nitrogens is 3. The topological polar surface area (TPSA) is 78.3 Å². The van der Waals surface area contributed by atoms with E-state index < -0.39 is 0 Å². The summed E-state index contributed by atoms with van der Waals surface area (Å²) in [5, 5.41) is 8.37. The third-order valence-corrected chi connectivity index (χ3v) is 5.47. The number of ether oxygens (including phenoxy) is 2. The Kier molecular flexibility index (Phi) is 5.72. The van der Waals surface area contributed by atoms with Crippen LogP contribution in [0.15, 0.2) is 36.5 Å². The molecule has 1 aliphatic rings. The van der Waals surface area contributed by atoms with E-state index in [0.717, 1.165) is 29.3 Å². The lowest BCUT2D eigenvalue weighted by Gasteiger charge is -2.31. The smallest absolute Gasteiger partial charge is 0.274 e. The van der Waals surface area contributed by atoms with Gasteiger partial charge in [-0.2, -0.15) is 0 Å². The molecule has 7 nitrogen and oxygen atoms in total. The first-order valence-electron chi connectivity index (χ1n) is 10.4. The van der Waals surface area contributed by atoms with Crippen molar-refractivity contribution in [2.75, 3.05) is 11.9 Å². The van der Waals surface area contributed by atoms with Crippen molar-refractivity contribution in [2.45, 2.75) is 45.8 Å². The molecule has 0 radical (unpaired) electrons. The summed E-state index contributed by atoms with van der Waals surface area (Å²) in [7, 11) is 1.88. The minimum atomic E-state index is -0.240. The lowest BCUT2D eigenvalue weighted by Crippen LogP contribution is -2.32. The van der Waals surface area contributed by atoms with Crippen molar-refractivity contribution in [1.29, 1.82) is 0 Å². The molecule has 1 saturated heterocycles. The third kappa shape index (κ3) is 4.46. The molecule has 1 amide bonds. The predicted octanol–water partition coefficient (Wildman–Crippen LogP) is 4.11. The second kappa shape index (κ2) is 8.44. The zero-order valence-electron chi connectivity index (χ0n) is 17.9. The zero-order chi connectivity index (χ0) is 21.3. The van der Waals surface area contributed by atoms with Crippen LogP contribution >= 0.6 is 0 Å². The van der Waals surface area contributed by atoms with Crippen LogP contribution in [0.5, 0.6) is 5.88 Å². The van der Waals surface area contributed by atoms with Crippen LogP contribution in [-0.2, 0) is 11.8 Å². The summed E-state index contributed by atoms with van der Waals surface area (Å²) < 4.78 is 13.7. The Balaban J connectivity index is 1.47.